The molecule has 1 heterocycles. The summed E-state index contributed by atoms with van der Waals surface area (Å²) in [7, 11) is 0. The Labute approximate surface area is 112 Å². The van der Waals surface area contributed by atoms with Gasteiger partial charge in [0.25, 0.3) is 0 Å². The quantitative estimate of drug-likeness (QED) is 0.876. The number of aromatic nitrogens is 1. The summed E-state index contributed by atoms with van der Waals surface area (Å²) >= 11 is 0. The van der Waals surface area contributed by atoms with Crippen molar-refractivity contribution in [2.45, 2.75) is 19.4 Å². The molecule has 0 bridgehead atoms. The fourth-order valence-corrected chi connectivity index (χ4v) is 1.80. The zero-order valence-corrected chi connectivity index (χ0v) is 10.8. The Kier molecular flexibility index (Phi) is 4.26. The molecule has 1 aromatic heterocycles. The van der Waals surface area contributed by atoms with Gasteiger partial charge < -0.3 is 11.1 Å². The van der Waals surface area contributed by atoms with E-state index in [2.05, 4.69) is 10.3 Å². The average Bonchev–Trinajstić information content (AvgIpc) is 2.42. The van der Waals surface area contributed by atoms with Gasteiger partial charge in [0.1, 0.15) is 0 Å². The van der Waals surface area contributed by atoms with E-state index in [1.165, 1.54) is 0 Å². The molecule has 0 spiro atoms. The SMILES string of the molecule is Cc1ncccc1NC(=O)[C@@H](N)Cc1ccccc1. The van der Waals surface area contributed by atoms with E-state index in [0.29, 0.717) is 12.1 Å². The van der Waals surface area contributed by atoms with Crippen molar-refractivity contribution in [1.29, 1.82) is 0 Å². The summed E-state index contributed by atoms with van der Waals surface area (Å²) in [6, 6.07) is 12.8. The zero-order valence-electron chi connectivity index (χ0n) is 10.8. The Morgan fingerprint density at radius 1 is 1.26 bits per heavy atom. The predicted octanol–water partition coefficient (Wildman–Crippen LogP) is 1.90. The maximum absolute atomic E-state index is 12.0. The molecule has 1 aromatic carbocycles. The van der Waals surface area contributed by atoms with Crippen LogP contribution in [0.2, 0.25) is 0 Å². The minimum atomic E-state index is -0.568. The smallest absolute Gasteiger partial charge is 0.241 e. The monoisotopic (exact) mass is 255 g/mol. The van der Waals surface area contributed by atoms with Crippen LogP contribution in [0.3, 0.4) is 0 Å². The van der Waals surface area contributed by atoms with Gasteiger partial charge in [0.05, 0.1) is 17.4 Å². The van der Waals surface area contributed by atoms with Gasteiger partial charge in [0, 0.05) is 6.20 Å². The van der Waals surface area contributed by atoms with Crippen LogP contribution in [0.4, 0.5) is 5.69 Å². The number of carbonyl (C=O) groups excluding carboxylic acids is 1. The molecular weight excluding hydrogens is 238 g/mol. The van der Waals surface area contributed by atoms with Gasteiger partial charge in [0.15, 0.2) is 0 Å². The van der Waals surface area contributed by atoms with Crippen molar-refractivity contribution in [2.24, 2.45) is 5.73 Å². The van der Waals surface area contributed by atoms with Crippen LogP contribution in [0.1, 0.15) is 11.3 Å². The first-order valence-corrected chi connectivity index (χ1v) is 6.19. The van der Waals surface area contributed by atoms with Crippen LogP contribution in [0, 0.1) is 6.92 Å². The van der Waals surface area contributed by atoms with Gasteiger partial charge in [-0.15, -0.1) is 0 Å². The Morgan fingerprint density at radius 3 is 2.68 bits per heavy atom. The molecule has 0 saturated heterocycles. The lowest BCUT2D eigenvalue weighted by Crippen LogP contribution is -2.37. The van der Waals surface area contributed by atoms with E-state index in [4.69, 9.17) is 5.73 Å². The van der Waals surface area contributed by atoms with Gasteiger partial charge >= 0.3 is 0 Å². The maximum atomic E-state index is 12.0. The highest BCUT2D eigenvalue weighted by Crippen LogP contribution is 2.11. The van der Waals surface area contributed by atoms with Crippen LogP contribution >= 0.6 is 0 Å². The predicted molar refractivity (Wildman–Crippen MR) is 75.7 cm³/mol. The van der Waals surface area contributed by atoms with Crippen LogP contribution in [-0.4, -0.2) is 16.9 Å². The van der Waals surface area contributed by atoms with Gasteiger partial charge in [-0.05, 0) is 31.0 Å². The van der Waals surface area contributed by atoms with E-state index in [1.807, 2.05) is 43.3 Å². The molecule has 1 amide bonds. The number of nitrogens with zero attached hydrogens (tertiary/aromatic N) is 1. The second kappa shape index (κ2) is 6.11. The van der Waals surface area contributed by atoms with E-state index in [1.54, 1.807) is 12.3 Å². The van der Waals surface area contributed by atoms with Gasteiger partial charge in [-0.2, -0.15) is 0 Å². The summed E-state index contributed by atoms with van der Waals surface area (Å²) in [6.07, 6.45) is 2.21. The van der Waals surface area contributed by atoms with Crippen molar-refractivity contribution >= 4 is 11.6 Å². The van der Waals surface area contributed by atoms with Gasteiger partial charge in [0.2, 0.25) is 5.91 Å². The van der Waals surface area contributed by atoms with Gasteiger partial charge in [-0.25, -0.2) is 0 Å². The first kappa shape index (κ1) is 13.2. The largest absolute Gasteiger partial charge is 0.323 e. The van der Waals surface area contributed by atoms with E-state index >= 15 is 0 Å². The van der Waals surface area contributed by atoms with Crippen molar-refractivity contribution in [1.82, 2.24) is 4.98 Å². The number of rotatable bonds is 4. The fraction of sp³-hybridized carbons (Fsp3) is 0.200. The molecule has 0 fully saturated rings. The van der Waals surface area contributed by atoms with E-state index in [0.717, 1.165) is 11.3 Å². The highest BCUT2D eigenvalue weighted by molar-refractivity contribution is 5.95. The third-order valence-corrected chi connectivity index (χ3v) is 2.90. The van der Waals surface area contributed by atoms with Crippen molar-refractivity contribution < 1.29 is 4.79 Å². The molecule has 0 aliphatic rings. The molecule has 0 saturated carbocycles. The van der Waals surface area contributed by atoms with Crippen LogP contribution in [0.25, 0.3) is 0 Å². The number of carbonyl (C=O) groups is 1. The topological polar surface area (TPSA) is 68.0 Å². The number of hydrogen-bond donors (Lipinski definition) is 2. The molecule has 0 aliphatic carbocycles. The van der Waals surface area contributed by atoms with Gasteiger partial charge in [-0.3, -0.25) is 9.78 Å². The standard InChI is InChI=1S/C15H17N3O/c1-11-14(8-5-9-17-11)18-15(19)13(16)10-12-6-3-2-4-7-12/h2-9,13H,10,16H2,1H3,(H,18,19)/t13-/m0/s1. The normalized spacial score (nSPS) is 11.9. The summed E-state index contributed by atoms with van der Waals surface area (Å²) in [6.45, 7) is 1.85. The highest BCUT2D eigenvalue weighted by Gasteiger charge is 2.14. The lowest BCUT2D eigenvalue weighted by molar-refractivity contribution is -0.117. The molecule has 1 atom stereocenters. The molecule has 2 rings (SSSR count). The first-order valence-electron chi connectivity index (χ1n) is 6.19. The average molecular weight is 255 g/mol. The summed E-state index contributed by atoms with van der Waals surface area (Å²) in [5.74, 6) is -0.194. The Balaban J connectivity index is 1.99. The lowest BCUT2D eigenvalue weighted by atomic mass is 10.1. The van der Waals surface area contributed by atoms with Crippen molar-refractivity contribution in [3.8, 4) is 0 Å². The Hall–Kier alpha value is -2.20. The number of nitrogens with two attached hydrogens (primary N) is 1. The summed E-state index contributed by atoms with van der Waals surface area (Å²) in [5.41, 5.74) is 8.45. The number of amides is 1. The fourth-order valence-electron chi connectivity index (χ4n) is 1.80. The molecule has 0 aliphatic heterocycles. The molecule has 0 unspecified atom stereocenters. The van der Waals surface area contributed by atoms with Crippen LogP contribution in [-0.2, 0) is 11.2 Å². The second-order valence-corrected chi connectivity index (χ2v) is 4.42. The minimum absolute atomic E-state index is 0.194. The van der Waals surface area contributed by atoms with E-state index in [9.17, 15) is 4.79 Å². The molecule has 2 aromatic rings. The lowest BCUT2D eigenvalue weighted by Gasteiger charge is -2.13. The van der Waals surface area contributed by atoms with Crippen molar-refractivity contribution in [3.63, 3.8) is 0 Å². The molecule has 19 heavy (non-hydrogen) atoms. The molecule has 4 nitrogen and oxygen atoms in total. The number of hydrogen-bond acceptors (Lipinski definition) is 3. The summed E-state index contributed by atoms with van der Waals surface area (Å²) in [4.78, 5) is 16.1. The maximum Gasteiger partial charge on any atom is 0.241 e. The summed E-state index contributed by atoms with van der Waals surface area (Å²) in [5, 5.41) is 2.80. The Bertz CT molecular complexity index is 554. The first-order chi connectivity index (χ1) is 9.16. The molecule has 4 heteroatoms. The van der Waals surface area contributed by atoms with E-state index < -0.39 is 6.04 Å². The number of nitrogens with one attached hydrogen (secondary N) is 1. The molecule has 0 radical (unpaired) electrons. The Morgan fingerprint density at radius 2 is 2.00 bits per heavy atom. The van der Waals surface area contributed by atoms with Gasteiger partial charge in [-0.1, -0.05) is 30.3 Å². The third-order valence-electron chi connectivity index (χ3n) is 2.90. The minimum Gasteiger partial charge on any atom is -0.323 e. The van der Waals surface area contributed by atoms with Crippen molar-refractivity contribution in [3.05, 3.63) is 59.9 Å². The number of aryl methyl sites for hydroxylation is 1. The molecule has 98 valence electrons. The number of anilines is 1. The second-order valence-electron chi connectivity index (χ2n) is 4.42. The van der Waals surface area contributed by atoms with Crippen LogP contribution < -0.4 is 11.1 Å². The highest BCUT2D eigenvalue weighted by atomic mass is 16.2. The number of benzene rings is 1. The molecular formula is C15H17N3O. The van der Waals surface area contributed by atoms with Crippen LogP contribution in [0.5, 0.6) is 0 Å². The van der Waals surface area contributed by atoms with Crippen LogP contribution in [0.15, 0.2) is 48.7 Å². The van der Waals surface area contributed by atoms with Crippen molar-refractivity contribution in [2.75, 3.05) is 5.32 Å². The third kappa shape index (κ3) is 3.63. The zero-order chi connectivity index (χ0) is 13.7. The number of pyridine rings is 1. The summed E-state index contributed by atoms with van der Waals surface area (Å²) < 4.78 is 0. The molecule has 3 N–H and O–H groups in total. The van der Waals surface area contributed by atoms with E-state index in [-0.39, 0.29) is 5.91 Å².